The van der Waals surface area contributed by atoms with Gasteiger partial charge >= 0.3 is 0 Å². The van der Waals surface area contributed by atoms with E-state index in [0.29, 0.717) is 19.0 Å². The second kappa shape index (κ2) is 7.56. The van der Waals surface area contributed by atoms with E-state index in [1.54, 1.807) is 6.08 Å². The minimum atomic E-state index is 0.0556. The maximum absolute atomic E-state index is 11.3. The molecule has 2 N–H and O–H groups in total. The summed E-state index contributed by atoms with van der Waals surface area (Å²) in [4.78, 5) is 11.3. The Morgan fingerprint density at radius 3 is 2.57 bits per heavy atom. The van der Waals surface area contributed by atoms with Gasteiger partial charge in [-0.15, -0.1) is 6.58 Å². The number of nitrogens with one attached hydrogen (secondary N) is 2. The molecule has 1 amide bonds. The molecule has 1 atom stereocenters. The van der Waals surface area contributed by atoms with Crippen molar-refractivity contribution < 1.29 is 4.79 Å². The molecule has 1 unspecified atom stereocenters. The Bertz CT molecular complexity index is 178. The number of hydrogen-bond donors (Lipinski definition) is 2. The Morgan fingerprint density at radius 2 is 2.07 bits per heavy atom. The fourth-order valence-corrected chi connectivity index (χ4v) is 1.38. The minimum absolute atomic E-state index is 0.0556. The molecule has 0 heterocycles. The molecule has 0 aliphatic heterocycles. The molecule has 0 aromatic carbocycles. The van der Waals surface area contributed by atoms with Crippen molar-refractivity contribution in [3.8, 4) is 0 Å². The van der Waals surface area contributed by atoms with Gasteiger partial charge in [-0.25, -0.2) is 0 Å². The Kier molecular flexibility index (Phi) is 7.11. The lowest BCUT2D eigenvalue weighted by atomic mass is 10.1. The molecule has 0 spiro atoms. The monoisotopic (exact) mass is 198 g/mol. The van der Waals surface area contributed by atoms with Gasteiger partial charge in [0.2, 0.25) is 5.91 Å². The fraction of sp³-hybridized carbons (Fsp3) is 0.727. The third-order valence-corrected chi connectivity index (χ3v) is 1.81. The predicted molar refractivity (Wildman–Crippen MR) is 60.1 cm³/mol. The molecule has 0 aliphatic rings. The molecule has 0 rings (SSSR count). The first-order valence-electron chi connectivity index (χ1n) is 5.17. The van der Waals surface area contributed by atoms with E-state index >= 15 is 0 Å². The Balaban J connectivity index is 3.55. The summed E-state index contributed by atoms with van der Waals surface area (Å²) < 4.78 is 0. The van der Waals surface area contributed by atoms with E-state index in [1.165, 1.54) is 0 Å². The number of rotatable bonds is 7. The highest BCUT2D eigenvalue weighted by atomic mass is 16.1. The van der Waals surface area contributed by atoms with Gasteiger partial charge in [-0.3, -0.25) is 4.79 Å². The van der Waals surface area contributed by atoms with Crippen molar-refractivity contribution in [1.82, 2.24) is 10.6 Å². The molecular weight excluding hydrogens is 176 g/mol. The Morgan fingerprint density at radius 1 is 1.43 bits per heavy atom. The van der Waals surface area contributed by atoms with Crippen LogP contribution < -0.4 is 10.6 Å². The quantitative estimate of drug-likeness (QED) is 0.478. The molecule has 3 nitrogen and oxygen atoms in total. The van der Waals surface area contributed by atoms with Gasteiger partial charge < -0.3 is 10.6 Å². The second-order valence-electron chi connectivity index (χ2n) is 4.02. The van der Waals surface area contributed by atoms with Crippen LogP contribution in [0.25, 0.3) is 0 Å². The summed E-state index contributed by atoms with van der Waals surface area (Å²) in [6.07, 6.45) is 2.76. The smallest absolute Gasteiger partial charge is 0.234 e. The van der Waals surface area contributed by atoms with Crippen LogP contribution in [0.3, 0.4) is 0 Å². The van der Waals surface area contributed by atoms with Crippen LogP contribution in [0.2, 0.25) is 0 Å². The van der Waals surface area contributed by atoms with Gasteiger partial charge in [0.15, 0.2) is 0 Å². The Labute approximate surface area is 87.0 Å². The highest BCUT2D eigenvalue weighted by molar-refractivity contribution is 5.78. The zero-order valence-corrected chi connectivity index (χ0v) is 9.47. The first-order valence-corrected chi connectivity index (χ1v) is 5.17. The van der Waals surface area contributed by atoms with Gasteiger partial charge in [0, 0.05) is 12.6 Å². The molecule has 14 heavy (non-hydrogen) atoms. The standard InChI is InChI=1S/C11H22N2O/c1-5-6-12-8-11(14)13-10(4)7-9(2)3/h5,9-10,12H,1,6-8H2,2-4H3,(H,13,14). The summed E-state index contributed by atoms with van der Waals surface area (Å²) in [7, 11) is 0. The molecule has 82 valence electrons. The predicted octanol–water partition coefficient (Wildman–Crippen LogP) is 1.31. The van der Waals surface area contributed by atoms with Gasteiger partial charge in [0.05, 0.1) is 6.54 Å². The van der Waals surface area contributed by atoms with Crippen LogP contribution in [0.5, 0.6) is 0 Å². The van der Waals surface area contributed by atoms with Gasteiger partial charge in [0.25, 0.3) is 0 Å². The van der Waals surface area contributed by atoms with Crippen LogP contribution >= 0.6 is 0 Å². The van der Waals surface area contributed by atoms with Crippen molar-refractivity contribution in [3.63, 3.8) is 0 Å². The maximum Gasteiger partial charge on any atom is 0.234 e. The van der Waals surface area contributed by atoms with Crippen molar-refractivity contribution in [2.24, 2.45) is 5.92 Å². The lowest BCUT2D eigenvalue weighted by Crippen LogP contribution is -2.39. The third-order valence-electron chi connectivity index (χ3n) is 1.81. The molecule has 0 aromatic heterocycles. The van der Waals surface area contributed by atoms with Crippen LogP contribution in [0.1, 0.15) is 27.2 Å². The SMILES string of the molecule is C=CCNCC(=O)NC(C)CC(C)C. The molecular formula is C11H22N2O. The van der Waals surface area contributed by atoms with Crippen LogP contribution in [0.4, 0.5) is 0 Å². The van der Waals surface area contributed by atoms with Crippen molar-refractivity contribution in [1.29, 1.82) is 0 Å². The average Bonchev–Trinajstić information content (AvgIpc) is 2.02. The van der Waals surface area contributed by atoms with E-state index in [0.717, 1.165) is 6.42 Å². The van der Waals surface area contributed by atoms with Crippen LogP contribution in [0.15, 0.2) is 12.7 Å². The highest BCUT2D eigenvalue weighted by Gasteiger charge is 2.07. The van der Waals surface area contributed by atoms with Crippen molar-refractivity contribution >= 4 is 5.91 Å². The van der Waals surface area contributed by atoms with E-state index in [1.807, 2.05) is 6.92 Å². The normalized spacial score (nSPS) is 12.6. The van der Waals surface area contributed by atoms with Crippen molar-refractivity contribution in [2.45, 2.75) is 33.2 Å². The lowest BCUT2D eigenvalue weighted by molar-refractivity contribution is -0.120. The van der Waals surface area contributed by atoms with Crippen LogP contribution in [-0.2, 0) is 4.79 Å². The summed E-state index contributed by atoms with van der Waals surface area (Å²) in [5.41, 5.74) is 0. The summed E-state index contributed by atoms with van der Waals surface area (Å²) >= 11 is 0. The first kappa shape index (κ1) is 13.2. The van der Waals surface area contributed by atoms with Crippen LogP contribution in [0, 0.1) is 5.92 Å². The third kappa shape index (κ3) is 7.80. The molecule has 0 bridgehead atoms. The van der Waals surface area contributed by atoms with Crippen molar-refractivity contribution in [2.75, 3.05) is 13.1 Å². The Hall–Kier alpha value is -0.830. The van der Waals surface area contributed by atoms with Gasteiger partial charge in [-0.2, -0.15) is 0 Å². The van der Waals surface area contributed by atoms with E-state index in [4.69, 9.17) is 0 Å². The molecule has 0 aliphatic carbocycles. The van der Waals surface area contributed by atoms with E-state index < -0.39 is 0 Å². The summed E-state index contributed by atoms with van der Waals surface area (Å²) in [6, 6.07) is 0.257. The van der Waals surface area contributed by atoms with E-state index in [2.05, 4.69) is 31.1 Å². The molecule has 0 fully saturated rings. The topological polar surface area (TPSA) is 41.1 Å². The number of amides is 1. The first-order chi connectivity index (χ1) is 6.56. The summed E-state index contributed by atoms with van der Waals surface area (Å²) in [5, 5.41) is 5.90. The minimum Gasteiger partial charge on any atom is -0.353 e. The number of carbonyl (C=O) groups is 1. The van der Waals surface area contributed by atoms with E-state index in [9.17, 15) is 4.79 Å². The highest BCUT2D eigenvalue weighted by Crippen LogP contribution is 2.03. The molecule has 0 radical (unpaired) electrons. The van der Waals surface area contributed by atoms with Crippen molar-refractivity contribution in [3.05, 3.63) is 12.7 Å². The van der Waals surface area contributed by atoms with Gasteiger partial charge in [-0.05, 0) is 19.3 Å². The zero-order valence-electron chi connectivity index (χ0n) is 9.47. The fourth-order valence-electron chi connectivity index (χ4n) is 1.38. The largest absolute Gasteiger partial charge is 0.353 e. The summed E-state index contributed by atoms with van der Waals surface area (Å²) in [5.74, 6) is 0.673. The average molecular weight is 198 g/mol. The second-order valence-corrected chi connectivity index (χ2v) is 4.02. The molecule has 3 heteroatoms. The van der Waals surface area contributed by atoms with Gasteiger partial charge in [-0.1, -0.05) is 19.9 Å². The maximum atomic E-state index is 11.3. The molecule has 0 saturated heterocycles. The zero-order chi connectivity index (χ0) is 11.0. The summed E-state index contributed by atoms with van der Waals surface area (Å²) in [6.45, 7) is 10.9. The van der Waals surface area contributed by atoms with Gasteiger partial charge in [0.1, 0.15) is 0 Å². The molecule has 0 saturated carbocycles. The number of hydrogen-bond acceptors (Lipinski definition) is 2. The number of carbonyl (C=O) groups excluding carboxylic acids is 1. The van der Waals surface area contributed by atoms with E-state index in [-0.39, 0.29) is 11.9 Å². The lowest BCUT2D eigenvalue weighted by Gasteiger charge is -2.15. The molecule has 0 aromatic rings. The van der Waals surface area contributed by atoms with Crippen LogP contribution in [-0.4, -0.2) is 25.0 Å².